The van der Waals surface area contributed by atoms with Crippen molar-refractivity contribution in [2.75, 3.05) is 26.2 Å². The van der Waals surface area contributed by atoms with Gasteiger partial charge >= 0.3 is 0 Å². The first-order chi connectivity index (χ1) is 13.1. The van der Waals surface area contributed by atoms with Gasteiger partial charge in [-0.05, 0) is 29.6 Å². The monoisotopic (exact) mass is 481 g/mol. The molecule has 2 aromatic heterocycles. The van der Waals surface area contributed by atoms with E-state index in [1.165, 1.54) is 4.88 Å². The van der Waals surface area contributed by atoms with Crippen molar-refractivity contribution in [3.8, 4) is 10.6 Å². The van der Waals surface area contributed by atoms with E-state index in [1.807, 2.05) is 17.0 Å². The molecular formula is C19H17BrClN3OS2. The fraction of sp³-hybridized carbons (Fsp3) is 0.263. The summed E-state index contributed by atoms with van der Waals surface area (Å²) in [6.07, 6.45) is 0. The van der Waals surface area contributed by atoms with Crippen LogP contribution >= 0.6 is 50.2 Å². The van der Waals surface area contributed by atoms with Crippen LogP contribution in [0.4, 0.5) is 0 Å². The third-order valence-corrected chi connectivity index (χ3v) is 7.05. The van der Waals surface area contributed by atoms with E-state index in [2.05, 4.69) is 37.7 Å². The van der Waals surface area contributed by atoms with E-state index in [1.54, 1.807) is 34.8 Å². The molecule has 0 saturated carbocycles. The van der Waals surface area contributed by atoms with Gasteiger partial charge in [0, 0.05) is 36.0 Å². The average molecular weight is 483 g/mol. The summed E-state index contributed by atoms with van der Waals surface area (Å²) in [7, 11) is 0. The Morgan fingerprint density at radius 2 is 2.00 bits per heavy atom. The van der Waals surface area contributed by atoms with Crippen molar-refractivity contribution < 1.29 is 4.79 Å². The molecule has 3 heterocycles. The highest BCUT2D eigenvalue weighted by Gasteiger charge is 2.24. The van der Waals surface area contributed by atoms with Gasteiger partial charge < -0.3 is 4.90 Å². The third kappa shape index (κ3) is 4.43. The predicted octanol–water partition coefficient (Wildman–Crippen LogP) is 5.25. The van der Waals surface area contributed by atoms with E-state index in [4.69, 9.17) is 16.6 Å². The van der Waals surface area contributed by atoms with Crippen LogP contribution < -0.4 is 0 Å². The summed E-state index contributed by atoms with van der Waals surface area (Å²) in [4.78, 5) is 23.0. The van der Waals surface area contributed by atoms with Crippen molar-refractivity contribution in [1.29, 1.82) is 0 Å². The topological polar surface area (TPSA) is 36.4 Å². The molecule has 4 nitrogen and oxygen atoms in total. The van der Waals surface area contributed by atoms with Crippen LogP contribution in [0.2, 0.25) is 5.02 Å². The normalized spacial score (nSPS) is 15.3. The Balaban J connectivity index is 1.35. The maximum absolute atomic E-state index is 12.8. The Hall–Kier alpha value is -1.25. The number of rotatable bonds is 4. The molecule has 1 aliphatic heterocycles. The fourth-order valence-corrected chi connectivity index (χ4v) is 5.21. The van der Waals surface area contributed by atoms with Gasteiger partial charge in [0.25, 0.3) is 5.91 Å². The Morgan fingerprint density at radius 3 is 2.74 bits per heavy atom. The summed E-state index contributed by atoms with van der Waals surface area (Å²) in [6, 6.07) is 9.53. The summed E-state index contributed by atoms with van der Waals surface area (Å²) in [5.74, 6) is -0.00446. The van der Waals surface area contributed by atoms with E-state index in [-0.39, 0.29) is 5.91 Å². The molecule has 0 N–H and O–H groups in total. The van der Waals surface area contributed by atoms with Gasteiger partial charge in [0.1, 0.15) is 5.01 Å². The molecule has 0 radical (unpaired) electrons. The van der Waals surface area contributed by atoms with Gasteiger partial charge in [0.2, 0.25) is 0 Å². The minimum absolute atomic E-state index is 0.00446. The number of carbonyl (C=O) groups is 1. The SMILES string of the molecule is O=C(c1cc(Br)ccc1Cl)N1CCN(Cc2nc(-c3cccs3)cs2)CC1. The minimum Gasteiger partial charge on any atom is -0.336 e. The molecule has 1 fully saturated rings. The molecule has 0 spiro atoms. The standard InChI is InChI=1S/C19H17BrClN3OS2/c20-13-3-4-15(21)14(10-13)19(25)24-7-5-23(6-8-24)11-18-22-16(12-27-18)17-2-1-9-26-17/h1-4,9-10,12H,5-8,11H2. The average Bonchev–Trinajstić information content (AvgIpc) is 3.35. The number of amides is 1. The molecule has 140 valence electrons. The van der Waals surface area contributed by atoms with Crippen LogP contribution in [-0.4, -0.2) is 46.9 Å². The molecule has 1 saturated heterocycles. The first-order valence-corrected chi connectivity index (χ1v) is 11.5. The summed E-state index contributed by atoms with van der Waals surface area (Å²) in [5.41, 5.74) is 1.61. The Kier molecular flexibility index (Phi) is 5.94. The number of thiazole rings is 1. The molecule has 27 heavy (non-hydrogen) atoms. The molecule has 1 amide bonds. The van der Waals surface area contributed by atoms with Crippen LogP contribution in [-0.2, 0) is 6.54 Å². The van der Waals surface area contributed by atoms with Gasteiger partial charge in [0.05, 0.1) is 27.7 Å². The Morgan fingerprint density at radius 1 is 1.19 bits per heavy atom. The molecule has 1 aliphatic rings. The lowest BCUT2D eigenvalue weighted by Crippen LogP contribution is -2.48. The maximum atomic E-state index is 12.8. The molecular weight excluding hydrogens is 466 g/mol. The largest absolute Gasteiger partial charge is 0.336 e. The fourth-order valence-electron chi connectivity index (χ4n) is 3.05. The maximum Gasteiger partial charge on any atom is 0.255 e. The zero-order chi connectivity index (χ0) is 18.8. The van der Waals surface area contributed by atoms with Crippen LogP contribution in [0.25, 0.3) is 10.6 Å². The number of nitrogens with zero attached hydrogens (tertiary/aromatic N) is 3. The van der Waals surface area contributed by atoms with E-state index in [0.717, 1.165) is 34.8 Å². The molecule has 4 rings (SSSR count). The van der Waals surface area contributed by atoms with Crippen LogP contribution in [0.5, 0.6) is 0 Å². The second-order valence-corrected chi connectivity index (χ2v) is 9.51. The number of hydrogen-bond donors (Lipinski definition) is 0. The summed E-state index contributed by atoms with van der Waals surface area (Å²) in [5, 5.41) is 5.81. The first-order valence-electron chi connectivity index (χ1n) is 8.55. The van der Waals surface area contributed by atoms with Crippen molar-refractivity contribution in [1.82, 2.24) is 14.8 Å². The minimum atomic E-state index is -0.00446. The van der Waals surface area contributed by atoms with Crippen molar-refractivity contribution in [3.63, 3.8) is 0 Å². The Bertz CT molecular complexity index is 936. The van der Waals surface area contributed by atoms with Crippen molar-refractivity contribution in [2.24, 2.45) is 0 Å². The van der Waals surface area contributed by atoms with E-state index in [0.29, 0.717) is 23.7 Å². The van der Waals surface area contributed by atoms with Gasteiger partial charge in [0.15, 0.2) is 0 Å². The van der Waals surface area contributed by atoms with Crippen LogP contribution in [0.1, 0.15) is 15.4 Å². The van der Waals surface area contributed by atoms with Crippen molar-refractivity contribution >= 4 is 56.1 Å². The zero-order valence-electron chi connectivity index (χ0n) is 14.4. The van der Waals surface area contributed by atoms with Crippen LogP contribution in [0.3, 0.4) is 0 Å². The third-order valence-electron chi connectivity index (χ3n) is 4.50. The number of thiophene rings is 1. The second kappa shape index (κ2) is 8.41. The van der Waals surface area contributed by atoms with E-state index < -0.39 is 0 Å². The number of piperazine rings is 1. The van der Waals surface area contributed by atoms with Gasteiger partial charge in [-0.15, -0.1) is 22.7 Å². The Labute approximate surface area is 179 Å². The number of aromatic nitrogens is 1. The van der Waals surface area contributed by atoms with Crippen molar-refractivity contribution in [2.45, 2.75) is 6.54 Å². The first kappa shape index (κ1) is 19.1. The van der Waals surface area contributed by atoms with Crippen molar-refractivity contribution in [3.05, 3.63) is 61.2 Å². The summed E-state index contributed by atoms with van der Waals surface area (Å²) in [6.45, 7) is 3.90. The lowest BCUT2D eigenvalue weighted by Gasteiger charge is -2.34. The summed E-state index contributed by atoms with van der Waals surface area (Å²) < 4.78 is 0.860. The highest BCUT2D eigenvalue weighted by molar-refractivity contribution is 9.10. The second-order valence-electron chi connectivity index (χ2n) is 6.30. The highest BCUT2D eigenvalue weighted by Crippen LogP contribution is 2.27. The van der Waals surface area contributed by atoms with E-state index >= 15 is 0 Å². The lowest BCUT2D eigenvalue weighted by molar-refractivity contribution is 0.0628. The van der Waals surface area contributed by atoms with Gasteiger partial charge in [-0.25, -0.2) is 4.98 Å². The predicted molar refractivity (Wildman–Crippen MR) is 116 cm³/mol. The molecule has 0 aliphatic carbocycles. The smallest absolute Gasteiger partial charge is 0.255 e. The van der Waals surface area contributed by atoms with Crippen LogP contribution in [0, 0.1) is 0 Å². The number of halogens is 2. The molecule has 1 aromatic carbocycles. The molecule has 0 atom stereocenters. The zero-order valence-corrected chi connectivity index (χ0v) is 18.4. The molecule has 0 unspecified atom stereocenters. The van der Waals surface area contributed by atoms with Gasteiger partial charge in [-0.2, -0.15) is 0 Å². The molecule has 0 bridgehead atoms. The number of benzene rings is 1. The number of hydrogen-bond acceptors (Lipinski definition) is 5. The lowest BCUT2D eigenvalue weighted by atomic mass is 10.2. The molecule has 8 heteroatoms. The number of carbonyl (C=O) groups excluding carboxylic acids is 1. The molecule has 3 aromatic rings. The summed E-state index contributed by atoms with van der Waals surface area (Å²) >= 11 is 13.0. The van der Waals surface area contributed by atoms with Gasteiger partial charge in [-0.3, -0.25) is 9.69 Å². The van der Waals surface area contributed by atoms with Crippen LogP contribution in [0.15, 0.2) is 45.6 Å². The quantitative estimate of drug-likeness (QED) is 0.510. The van der Waals surface area contributed by atoms with Gasteiger partial charge in [-0.1, -0.05) is 33.6 Å². The van der Waals surface area contributed by atoms with E-state index in [9.17, 15) is 4.79 Å². The highest BCUT2D eigenvalue weighted by atomic mass is 79.9.